The van der Waals surface area contributed by atoms with Gasteiger partial charge in [-0.05, 0) is 24.6 Å². The molecule has 2 aromatic rings. The van der Waals surface area contributed by atoms with Crippen LogP contribution in [0.4, 0.5) is 13.2 Å². The molecule has 0 fully saturated rings. The number of halogens is 4. The summed E-state index contributed by atoms with van der Waals surface area (Å²) in [4.78, 5) is 0. The van der Waals surface area contributed by atoms with Gasteiger partial charge in [-0.2, -0.15) is 18.3 Å². The Kier molecular flexibility index (Phi) is 3.69. The van der Waals surface area contributed by atoms with Gasteiger partial charge in [-0.25, -0.2) is 4.68 Å². The van der Waals surface area contributed by atoms with Gasteiger partial charge in [0.15, 0.2) is 0 Å². The molecule has 1 heterocycles. The SMILES string of the molecule is C[C@@H](O)c1ccc(-n2cc(C(F)(F)F)cn2)cc1Br. The van der Waals surface area contributed by atoms with Crippen LogP contribution < -0.4 is 0 Å². The monoisotopic (exact) mass is 334 g/mol. The number of aliphatic hydroxyl groups excluding tert-OH is 1. The van der Waals surface area contributed by atoms with E-state index in [1.54, 1.807) is 25.1 Å². The standard InChI is InChI=1S/C12H10BrF3N2O/c1-7(19)10-3-2-9(4-11(10)13)18-6-8(5-17-18)12(14,15)16/h2-7,19H,1H3/t7-/m1/s1. The van der Waals surface area contributed by atoms with Crippen molar-refractivity contribution < 1.29 is 18.3 Å². The van der Waals surface area contributed by atoms with Crippen molar-refractivity contribution in [2.75, 3.05) is 0 Å². The fourth-order valence-electron chi connectivity index (χ4n) is 1.61. The van der Waals surface area contributed by atoms with Gasteiger partial charge in [0.1, 0.15) is 0 Å². The zero-order valence-corrected chi connectivity index (χ0v) is 11.4. The quantitative estimate of drug-likeness (QED) is 0.909. The second-order valence-electron chi connectivity index (χ2n) is 4.05. The van der Waals surface area contributed by atoms with Crippen molar-refractivity contribution in [3.05, 3.63) is 46.2 Å². The fraction of sp³-hybridized carbons (Fsp3) is 0.250. The first-order chi connectivity index (χ1) is 8.79. The van der Waals surface area contributed by atoms with Crippen molar-refractivity contribution in [3.63, 3.8) is 0 Å². The second kappa shape index (κ2) is 4.97. The van der Waals surface area contributed by atoms with Crippen LogP contribution in [0.25, 0.3) is 5.69 Å². The first-order valence-electron chi connectivity index (χ1n) is 5.39. The molecule has 0 saturated carbocycles. The molecule has 0 aliphatic heterocycles. The summed E-state index contributed by atoms with van der Waals surface area (Å²) in [6.45, 7) is 1.61. The van der Waals surface area contributed by atoms with Gasteiger partial charge >= 0.3 is 6.18 Å². The maximum absolute atomic E-state index is 12.5. The lowest BCUT2D eigenvalue weighted by Crippen LogP contribution is -2.03. The average molecular weight is 335 g/mol. The van der Waals surface area contributed by atoms with Gasteiger partial charge in [-0.15, -0.1) is 0 Å². The lowest BCUT2D eigenvalue weighted by Gasteiger charge is -2.09. The highest BCUT2D eigenvalue weighted by molar-refractivity contribution is 9.10. The van der Waals surface area contributed by atoms with E-state index in [1.807, 2.05) is 0 Å². The summed E-state index contributed by atoms with van der Waals surface area (Å²) in [7, 11) is 0. The van der Waals surface area contributed by atoms with Crippen LogP contribution in [0.5, 0.6) is 0 Å². The first-order valence-corrected chi connectivity index (χ1v) is 6.18. The number of aromatic nitrogens is 2. The molecule has 0 aliphatic carbocycles. The molecule has 102 valence electrons. The lowest BCUT2D eigenvalue weighted by atomic mass is 10.1. The molecule has 7 heteroatoms. The first kappa shape index (κ1) is 14.1. The Balaban J connectivity index is 2.38. The molecule has 2 rings (SSSR count). The molecular formula is C12H10BrF3N2O. The minimum atomic E-state index is -4.41. The molecule has 0 unspecified atom stereocenters. The highest BCUT2D eigenvalue weighted by atomic mass is 79.9. The third kappa shape index (κ3) is 2.98. The van der Waals surface area contributed by atoms with Crippen LogP contribution in [0.1, 0.15) is 24.2 Å². The van der Waals surface area contributed by atoms with E-state index < -0.39 is 17.8 Å². The van der Waals surface area contributed by atoms with E-state index in [0.717, 1.165) is 17.1 Å². The van der Waals surface area contributed by atoms with Gasteiger partial charge < -0.3 is 5.11 Å². The Morgan fingerprint density at radius 2 is 2.05 bits per heavy atom. The van der Waals surface area contributed by atoms with Crippen LogP contribution >= 0.6 is 15.9 Å². The number of aliphatic hydroxyl groups is 1. The highest BCUT2D eigenvalue weighted by Gasteiger charge is 2.32. The third-order valence-electron chi connectivity index (χ3n) is 2.61. The molecule has 0 spiro atoms. The third-order valence-corrected chi connectivity index (χ3v) is 3.30. The van der Waals surface area contributed by atoms with E-state index in [2.05, 4.69) is 21.0 Å². The number of hydrogen-bond donors (Lipinski definition) is 1. The van der Waals surface area contributed by atoms with Gasteiger partial charge in [-0.3, -0.25) is 0 Å². The molecule has 19 heavy (non-hydrogen) atoms. The Labute approximate surface area is 115 Å². The fourth-order valence-corrected chi connectivity index (χ4v) is 2.31. The van der Waals surface area contributed by atoms with Crippen molar-refractivity contribution in [3.8, 4) is 5.69 Å². The van der Waals surface area contributed by atoms with E-state index in [-0.39, 0.29) is 0 Å². The largest absolute Gasteiger partial charge is 0.419 e. The van der Waals surface area contributed by atoms with Gasteiger partial charge in [-0.1, -0.05) is 22.0 Å². The van der Waals surface area contributed by atoms with E-state index in [0.29, 0.717) is 15.7 Å². The number of alkyl halides is 3. The summed E-state index contributed by atoms with van der Waals surface area (Å²) in [6.07, 6.45) is -3.37. The van der Waals surface area contributed by atoms with Crippen molar-refractivity contribution in [2.45, 2.75) is 19.2 Å². The van der Waals surface area contributed by atoms with Crippen LogP contribution in [0.15, 0.2) is 35.1 Å². The number of hydrogen-bond acceptors (Lipinski definition) is 2. The topological polar surface area (TPSA) is 38.0 Å². The molecular weight excluding hydrogens is 325 g/mol. The maximum atomic E-state index is 12.5. The van der Waals surface area contributed by atoms with Crippen molar-refractivity contribution in [1.29, 1.82) is 0 Å². The molecule has 0 radical (unpaired) electrons. The zero-order valence-electron chi connectivity index (χ0n) is 9.82. The van der Waals surface area contributed by atoms with Gasteiger partial charge in [0.2, 0.25) is 0 Å². The minimum absolute atomic E-state index is 0.478. The summed E-state index contributed by atoms with van der Waals surface area (Å²) in [5.74, 6) is 0. The molecule has 1 N–H and O–H groups in total. The molecule has 1 atom stereocenters. The Morgan fingerprint density at radius 1 is 1.37 bits per heavy atom. The van der Waals surface area contributed by atoms with Crippen LogP contribution in [-0.2, 0) is 6.18 Å². The number of benzene rings is 1. The van der Waals surface area contributed by atoms with Crippen molar-refractivity contribution in [2.24, 2.45) is 0 Å². The Hall–Kier alpha value is -1.34. The van der Waals surface area contributed by atoms with Gasteiger partial charge in [0.25, 0.3) is 0 Å². The summed E-state index contributed by atoms with van der Waals surface area (Å²) < 4.78 is 39.2. The van der Waals surface area contributed by atoms with Crippen LogP contribution in [0.3, 0.4) is 0 Å². The van der Waals surface area contributed by atoms with Crippen molar-refractivity contribution >= 4 is 15.9 Å². The van der Waals surface area contributed by atoms with Crippen LogP contribution in [0, 0.1) is 0 Å². The smallest absolute Gasteiger partial charge is 0.389 e. The molecule has 1 aromatic carbocycles. The van der Waals surface area contributed by atoms with Crippen LogP contribution in [0.2, 0.25) is 0 Å². The van der Waals surface area contributed by atoms with Gasteiger partial charge in [0.05, 0.1) is 23.6 Å². The predicted octanol–water partition coefficient (Wildman–Crippen LogP) is 3.71. The normalized spacial score (nSPS) is 13.6. The molecule has 0 bridgehead atoms. The summed E-state index contributed by atoms with van der Waals surface area (Å²) in [5.41, 5.74) is 0.335. The maximum Gasteiger partial charge on any atom is 0.419 e. The summed E-state index contributed by atoms with van der Waals surface area (Å²) >= 11 is 3.27. The summed E-state index contributed by atoms with van der Waals surface area (Å²) in [6, 6.07) is 4.84. The molecule has 0 amide bonds. The van der Waals surface area contributed by atoms with Crippen molar-refractivity contribution in [1.82, 2.24) is 9.78 Å². The molecule has 0 saturated heterocycles. The predicted molar refractivity (Wildman–Crippen MR) is 66.9 cm³/mol. The van der Waals surface area contributed by atoms with Crippen LogP contribution in [-0.4, -0.2) is 14.9 Å². The zero-order chi connectivity index (χ0) is 14.2. The molecule has 1 aromatic heterocycles. The summed E-state index contributed by atoms with van der Waals surface area (Å²) in [5, 5.41) is 13.2. The van der Waals surface area contributed by atoms with E-state index in [9.17, 15) is 18.3 Å². The second-order valence-corrected chi connectivity index (χ2v) is 4.91. The lowest BCUT2D eigenvalue weighted by molar-refractivity contribution is -0.137. The van der Waals surface area contributed by atoms with Gasteiger partial charge in [0, 0.05) is 10.7 Å². The minimum Gasteiger partial charge on any atom is -0.389 e. The highest BCUT2D eigenvalue weighted by Crippen LogP contribution is 2.30. The molecule has 0 aliphatic rings. The number of nitrogens with zero attached hydrogens (tertiary/aromatic N) is 2. The van der Waals surface area contributed by atoms with E-state index in [4.69, 9.17) is 0 Å². The molecule has 3 nitrogen and oxygen atoms in total. The average Bonchev–Trinajstić information content (AvgIpc) is 2.76. The Bertz CT molecular complexity index is 593. The van der Waals surface area contributed by atoms with E-state index >= 15 is 0 Å². The van der Waals surface area contributed by atoms with E-state index in [1.165, 1.54) is 0 Å². The number of rotatable bonds is 2. The Morgan fingerprint density at radius 3 is 2.53 bits per heavy atom.